The van der Waals surface area contributed by atoms with Crippen LogP contribution in [-0.2, 0) is 16.0 Å². The van der Waals surface area contributed by atoms with Crippen LogP contribution >= 0.6 is 23.1 Å². The lowest BCUT2D eigenvalue weighted by atomic mass is 10.1. The number of likely N-dealkylation sites (tertiary alicyclic amines) is 1. The van der Waals surface area contributed by atoms with Crippen molar-refractivity contribution in [3.8, 4) is 0 Å². The van der Waals surface area contributed by atoms with E-state index < -0.39 is 0 Å². The van der Waals surface area contributed by atoms with Crippen molar-refractivity contribution in [2.24, 2.45) is 11.7 Å². The number of thioether (sulfide) groups is 1. The van der Waals surface area contributed by atoms with Crippen molar-refractivity contribution >= 4 is 34.9 Å². The Bertz CT molecular complexity index is 514. The first-order valence-corrected chi connectivity index (χ1v) is 8.35. The lowest BCUT2D eigenvalue weighted by molar-refractivity contribution is -0.130. The molecule has 2 N–H and O–H groups in total. The van der Waals surface area contributed by atoms with Crippen molar-refractivity contribution in [3.63, 3.8) is 0 Å². The highest BCUT2D eigenvalue weighted by molar-refractivity contribution is 8.00. The molecule has 0 bridgehead atoms. The van der Waals surface area contributed by atoms with Gasteiger partial charge in [0.15, 0.2) is 0 Å². The summed E-state index contributed by atoms with van der Waals surface area (Å²) in [4.78, 5) is 26.9. The monoisotopic (exact) mass is 296 g/mol. The summed E-state index contributed by atoms with van der Waals surface area (Å²) < 4.78 is 0. The zero-order valence-corrected chi connectivity index (χ0v) is 12.1. The van der Waals surface area contributed by atoms with Crippen LogP contribution in [0.3, 0.4) is 0 Å². The van der Waals surface area contributed by atoms with Crippen LogP contribution in [0.1, 0.15) is 22.1 Å². The van der Waals surface area contributed by atoms with Gasteiger partial charge in [0, 0.05) is 18.0 Å². The fraction of sp³-hybridized carbons (Fsp3) is 0.538. The van der Waals surface area contributed by atoms with Gasteiger partial charge in [-0.05, 0) is 35.6 Å². The van der Waals surface area contributed by atoms with E-state index >= 15 is 0 Å². The predicted octanol–water partition coefficient (Wildman–Crippen LogP) is 1.41. The summed E-state index contributed by atoms with van der Waals surface area (Å²) >= 11 is 3.45. The molecule has 2 atom stereocenters. The molecule has 1 aromatic heterocycles. The molecule has 2 amide bonds. The highest BCUT2D eigenvalue weighted by Crippen LogP contribution is 2.41. The summed E-state index contributed by atoms with van der Waals surface area (Å²) in [6.45, 7) is 1.15. The minimum atomic E-state index is -0.289. The average molecular weight is 296 g/mol. The summed E-state index contributed by atoms with van der Waals surface area (Å²) in [5, 5.41) is 1.98. The third-order valence-corrected chi connectivity index (χ3v) is 6.03. The van der Waals surface area contributed by atoms with E-state index in [-0.39, 0.29) is 23.0 Å². The summed E-state index contributed by atoms with van der Waals surface area (Å²) in [6.07, 6.45) is 1.76. The number of rotatable bonds is 2. The fourth-order valence-electron chi connectivity index (χ4n) is 2.71. The molecule has 3 heterocycles. The highest BCUT2D eigenvalue weighted by Gasteiger charge is 2.36. The standard InChI is InChI=1S/C13H16N2O2S2/c14-12(16)8-1-4-15(7-8)13(17)11-9-2-5-18-10(9)3-6-19-11/h2,5,8,11H,1,3-4,6-7H2,(H2,14,16)/t8-,11+/m0/s1. The van der Waals surface area contributed by atoms with Gasteiger partial charge in [-0.15, -0.1) is 23.1 Å². The van der Waals surface area contributed by atoms with E-state index in [1.807, 2.05) is 0 Å². The maximum Gasteiger partial charge on any atom is 0.240 e. The fourth-order valence-corrected chi connectivity index (χ4v) is 5.08. The molecule has 1 aromatic rings. The minimum absolute atomic E-state index is 0.0818. The molecule has 2 aliphatic rings. The van der Waals surface area contributed by atoms with E-state index in [0.29, 0.717) is 19.5 Å². The zero-order valence-electron chi connectivity index (χ0n) is 10.5. The molecule has 3 rings (SSSR count). The Morgan fingerprint density at radius 1 is 1.42 bits per heavy atom. The molecule has 6 heteroatoms. The third-order valence-electron chi connectivity index (χ3n) is 3.80. The van der Waals surface area contributed by atoms with Gasteiger partial charge in [0.25, 0.3) is 0 Å². The molecule has 0 unspecified atom stereocenters. The molecule has 0 radical (unpaired) electrons. The van der Waals surface area contributed by atoms with Crippen molar-refractivity contribution in [1.29, 1.82) is 0 Å². The van der Waals surface area contributed by atoms with E-state index in [0.717, 1.165) is 12.2 Å². The molecular weight excluding hydrogens is 280 g/mol. The van der Waals surface area contributed by atoms with Gasteiger partial charge in [-0.1, -0.05) is 0 Å². The Hall–Kier alpha value is -1.01. The summed E-state index contributed by atoms with van der Waals surface area (Å²) in [7, 11) is 0. The van der Waals surface area contributed by atoms with Crippen LogP contribution < -0.4 is 5.73 Å². The Balaban J connectivity index is 1.74. The molecule has 0 saturated carbocycles. The van der Waals surface area contributed by atoms with Crippen LogP contribution in [-0.4, -0.2) is 35.6 Å². The predicted molar refractivity (Wildman–Crippen MR) is 77.1 cm³/mol. The van der Waals surface area contributed by atoms with Crippen molar-refractivity contribution < 1.29 is 9.59 Å². The summed E-state index contributed by atoms with van der Waals surface area (Å²) in [6, 6.07) is 2.07. The van der Waals surface area contributed by atoms with Crippen molar-refractivity contribution in [1.82, 2.24) is 4.90 Å². The summed E-state index contributed by atoms with van der Waals surface area (Å²) in [5.74, 6) is 0.687. The first-order chi connectivity index (χ1) is 9.16. The molecule has 102 valence electrons. The Morgan fingerprint density at radius 3 is 3.00 bits per heavy atom. The molecule has 0 aromatic carbocycles. The Labute approximate surface area is 120 Å². The van der Waals surface area contributed by atoms with Gasteiger partial charge < -0.3 is 10.6 Å². The maximum atomic E-state index is 12.6. The van der Waals surface area contributed by atoms with Gasteiger partial charge in [-0.3, -0.25) is 9.59 Å². The number of fused-ring (bicyclic) bond motifs is 1. The van der Waals surface area contributed by atoms with Gasteiger partial charge >= 0.3 is 0 Å². The second-order valence-corrected chi connectivity index (χ2v) is 7.19. The van der Waals surface area contributed by atoms with Gasteiger partial charge in [-0.25, -0.2) is 0 Å². The molecule has 2 aliphatic heterocycles. The maximum absolute atomic E-state index is 12.6. The Morgan fingerprint density at radius 2 is 2.26 bits per heavy atom. The molecule has 1 fully saturated rings. The van der Waals surface area contributed by atoms with Gasteiger partial charge in [0.05, 0.1) is 5.92 Å². The smallest absolute Gasteiger partial charge is 0.240 e. The molecular formula is C13H16N2O2S2. The SMILES string of the molecule is NC(=O)[C@H]1CCN(C(=O)[C@@H]2SCCc3sccc32)C1. The quantitative estimate of drug-likeness (QED) is 0.897. The molecule has 19 heavy (non-hydrogen) atoms. The van der Waals surface area contributed by atoms with E-state index in [4.69, 9.17) is 5.73 Å². The normalized spacial score (nSPS) is 26.2. The molecule has 4 nitrogen and oxygen atoms in total. The van der Waals surface area contributed by atoms with Crippen molar-refractivity contribution in [2.45, 2.75) is 18.1 Å². The number of hydrogen-bond donors (Lipinski definition) is 1. The molecule has 0 aliphatic carbocycles. The van der Waals surface area contributed by atoms with Gasteiger partial charge in [0.2, 0.25) is 11.8 Å². The lowest BCUT2D eigenvalue weighted by Gasteiger charge is -2.26. The van der Waals surface area contributed by atoms with Crippen molar-refractivity contribution in [3.05, 3.63) is 21.9 Å². The number of carbonyl (C=O) groups is 2. The average Bonchev–Trinajstić information content (AvgIpc) is 3.06. The van der Waals surface area contributed by atoms with E-state index in [1.165, 1.54) is 10.4 Å². The molecule has 1 saturated heterocycles. The van der Waals surface area contributed by atoms with Crippen LogP contribution in [0.25, 0.3) is 0 Å². The van der Waals surface area contributed by atoms with E-state index in [9.17, 15) is 9.59 Å². The van der Waals surface area contributed by atoms with Crippen molar-refractivity contribution in [2.75, 3.05) is 18.8 Å². The summed E-state index contributed by atoms with van der Waals surface area (Å²) in [5.41, 5.74) is 6.49. The number of nitrogens with two attached hydrogens (primary N) is 1. The number of aryl methyl sites for hydroxylation is 1. The van der Waals surface area contributed by atoms with E-state index in [2.05, 4.69) is 11.4 Å². The van der Waals surface area contributed by atoms with Gasteiger partial charge in [-0.2, -0.15) is 0 Å². The lowest BCUT2D eigenvalue weighted by Crippen LogP contribution is -2.35. The first-order valence-electron chi connectivity index (χ1n) is 6.43. The minimum Gasteiger partial charge on any atom is -0.369 e. The van der Waals surface area contributed by atoms with E-state index in [1.54, 1.807) is 28.0 Å². The number of nitrogens with zero attached hydrogens (tertiary/aromatic N) is 1. The highest BCUT2D eigenvalue weighted by atomic mass is 32.2. The number of hydrogen-bond acceptors (Lipinski definition) is 4. The second-order valence-electron chi connectivity index (χ2n) is 4.97. The van der Waals surface area contributed by atoms with Crippen LogP contribution in [0.2, 0.25) is 0 Å². The number of carbonyl (C=O) groups excluding carboxylic acids is 2. The zero-order chi connectivity index (χ0) is 13.4. The number of amides is 2. The molecule has 0 spiro atoms. The second kappa shape index (κ2) is 5.17. The number of primary amides is 1. The topological polar surface area (TPSA) is 63.4 Å². The van der Waals surface area contributed by atoms with Crippen LogP contribution in [0.5, 0.6) is 0 Å². The first kappa shape index (κ1) is 13.0. The van der Waals surface area contributed by atoms with Gasteiger partial charge in [0.1, 0.15) is 5.25 Å². The largest absolute Gasteiger partial charge is 0.369 e. The third kappa shape index (κ3) is 2.39. The van der Waals surface area contributed by atoms with Crippen LogP contribution in [0.4, 0.5) is 0 Å². The van der Waals surface area contributed by atoms with Crippen LogP contribution in [0, 0.1) is 5.92 Å². The van der Waals surface area contributed by atoms with Crippen LogP contribution in [0.15, 0.2) is 11.4 Å². The number of thiophene rings is 1. The Kier molecular flexibility index (Phi) is 3.54.